The topological polar surface area (TPSA) is 28.2 Å². The van der Waals surface area contributed by atoms with E-state index in [1.165, 1.54) is 6.07 Å². The van der Waals surface area contributed by atoms with Gasteiger partial charge in [-0.1, -0.05) is 19.8 Å². The number of nitrogens with one attached hydrogen (secondary N) is 1. The summed E-state index contributed by atoms with van der Waals surface area (Å²) in [7, 11) is 0. The maximum absolute atomic E-state index is 13.0. The lowest BCUT2D eigenvalue weighted by Crippen LogP contribution is -2.26. The number of rotatable bonds is 4. The second-order valence-corrected chi connectivity index (χ2v) is 5.43. The summed E-state index contributed by atoms with van der Waals surface area (Å²) < 4.78 is 39.1. The monoisotopic (exact) mass is 301 g/mol. The van der Waals surface area contributed by atoms with E-state index in [1.54, 1.807) is 0 Å². The van der Waals surface area contributed by atoms with Crippen LogP contribution < -0.4 is 10.2 Å². The van der Waals surface area contributed by atoms with Crippen LogP contribution in [0.15, 0.2) is 12.1 Å². The van der Waals surface area contributed by atoms with E-state index in [0.717, 1.165) is 51.3 Å². The van der Waals surface area contributed by atoms with E-state index in [0.29, 0.717) is 18.2 Å². The van der Waals surface area contributed by atoms with Gasteiger partial charge in [-0.25, -0.2) is 4.98 Å². The Morgan fingerprint density at radius 2 is 1.81 bits per heavy atom. The van der Waals surface area contributed by atoms with E-state index >= 15 is 0 Å². The molecule has 1 fully saturated rings. The largest absolute Gasteiger partial charge is 0.416 e. The van der Waals surface area contributed by atoms with Gasteiger partial charge in [0.15, 0.2) is 0 Å². The van der Waals surface area contributed by atoms with Crippen molar-refractivity contribution >= 4 is 11.6 Å². The first-order valence-electron chi connectivity index (χ1n) is 7.59. The molecule has 0 aliphatic carbocycles. The Bertz CT molecular complexity index is 452. The average molecular weight is 301 g/mol. The molecular formula is C15H22F3N3. The number of anilines is 2. The summed E-state index contributed by atoms with van der Waals surface area (Å²) in [5.41, 5.74) is -0.629. The number of hydrogen-bond acceptors (Lipinski definition) is 3. The molecule has 6 heteroatoms. The lowest BCUT2D eigenvalue weighted by Gasteiger charge is -2.23. The van der Waals surface area contributed by atoms with Gasteiger partial charge in [-0.2, -0.15) is 13.2 Å². The van der Waals surface area contributed by atoms with E-state index in [-0.39, 0.29) is 0 Å². The standard InChI is InChI=1S/C15H22F3N3/c1-2-7-19-13-10-12(15(16,17)18)11-14(20-13)21-8-5-3-4-6-9-21/h10-11H,2-9H2,1H3,(H,19,20). The molecule has 21 heavy (non-hydrogen) atoms. The van der Waals surface area contributed by atoms with Gasteiger partial charge in [-0.15, -0.1) is 0 Å². The van der Waals surface area contributed by atoms with Crippen LogP contribution in [0.25, 0.3) is 0 Å². The molecule has 0 aromatic carbocycles. The van der Waals surface area contributed by atoms with Crippen LogP contribution in [0.2, 0.25) is 0 Å². The molecule has 0 unspecified atom stereocenters. The zero-order valence-electron chi connectivity index (χ0n) is 12.3. The number of hydrogen-bond donors (Lipinski definition) is 1. The quantitative estimate of drug-likeness (QED) is 0.898. The zero-order valence-corrected chi connectivity index (χ0v) is 12.3. The number of nitrogens with zero attached hydrogens (tertiary/aromatic N) is 2. The van der Waals surface area contributed by atoms with Crippen LogP contribution in [0.3, 0.4) is 0 Å². The molecule has 0 atom stereocenters. The minimum Gasteiger partial charge on any atom is -0.370 e. The van der Waals surface area contributed by atoms with E-state index < -0.39 is 11.7 Å². The van der Waals surface area contributed by atoms with E-state index in [1.807, 2.05) is 11.8 Å². The Hall–Kier alpha value is -1.46. The van der Waals surface area contributed by atoms with Crippen LogP contribution in [0.5, 0.6) is 0 Å². The Labute approximate surface area is 123 Å². The number of aromatic nitrogens is 1. The summed E-state index contributed by atoms with van der Waals surface area (Å²) in [4.78, 5) is 6.34. The molecule has 0 saturated carbocycles. The van der Waals surface area contributed by atoms with Gasteiger partial charge in [0.2, 0.25) is 0 Å². The summed E-state index contributed by atoms with van der Waals surface area (Å²) in [6.07, 6.45) is 0.793. The lowest BCUT2D eigenvalue weighted by atomic mass is 10.2. The van der Waals surface area contributed by atoms with Crippen molar-refractivity contribution in [1.29, 1.82) is 0 Å². The third-order valence-corrected chi connectivity index (χ3v) is 3.63. The predicted molar refractivity (Wildman–Crippen MR) is 78.7 cm³/mol. The van der Waals surface area contributed by atoms with Gasteiger partial charge in [0.05, 0.1) is 5.56 Å². The van der Waals surface area contributed by atoms with Gasteiger partial charge < -0.3 is 10.2 Å². The van der Waals surface area contributed by atoms with E-state index in [2.05, 4.69) is 10.3 Å². The molecule has 1 aromatic rings. The number of halogens is 3. The van der Waals surface area contributed by atoms with Crippen molar-refractivity contribution in [1.82, 2.24) is 4.98 Å². The Morgan fingerprint density at radius 1 is 1.14 bits per heavy atom. The maximum Gasteiger partial charge on any atom is 0.416 e. The fourth-order valence-electron chi connectivity index (χ4n) is 2.49. The van der Waals surface area contributed by atoms with Crippen molar-refractivity contribution in [3.05, 3.63) is 17.7 Å². The van der Waals surface area contributed by atoms with E-state index in [4.69, 9.17) is 0 Å². The molecule has 1 N–H and O–H groups in total. The van der Waals surface area contributed by atoms with Crippen molar-refractivity contribution in [2.24, 2.45) is 0 Å². The Balaban J connectivity index is 2.29. The summed E-state index contributed by atoms with van der Waals surface area (Å²) in [6, 6.07) is 2.26. The molecule has 1 aliphatic rings. The summed E-state index contributed by atoms with van der Waals surface area (Å²) in [6.45, 7) is 4.15. The predicted octanol–water partition coefficient (Wildman–Crippen LogP) is 4.30. The highest BCUT2D eigenvalue weighted by Crippen LogP contribution is 2.33. The van der Waals surface area contributed by atoms with Crippen LogP contribution in [-0.4, -0.2) is 24.6 Å². The minimum absolute atomic E-state index is 0.311. The van der Waals surface area contributed by atoms with Crippen molar-refractivity contribution in [2.75, 3.05) is 29.9 Å². The van der Waals surface area contributed by atoms with Gasteiger partial charge in [-0.3, -0.25) is 0 Å². The zero-order chi connectivity index (χ0) is 15.3. The number of pyridine rings is 1. The van der Waals surface area contributed by atoms with Gasteiger partial charge >= 0.3 is 6.18 Å². The smallest absolute Gasteiger partial charge is 0.370 e. The first-order chi connectivity index (χ1) is 10.0. The molecule has 3 nitrogen and oxygen atoms in total. The SMILES string of the molecule is CCCNc1cc(C(F)(F)F)cc(N2CCCCCC2)n1. The number of alkyl halides is 3. The van der Waals surface area contributed by atoms with Crippen LogP contribution in [-0.2, 0) is 6.18 Å². The second-order valence-electron chi connectivity index (χ2n) is 5.43. The van der Waals surface area contributed by atoms with Crippen LogP contribution in [0.4, 0.5) is 24.8 Å². The highest BCUT2D eigenvalue weighted by atomic mass is 19.4. The maximum atomic E-state index is 13.0. The molecule has 1 aromatic heterocycles. The normalized spacial score (nSPS) is 16.7. The molecular weight excluding hydrogens is 279 g/mol. The molecule has 2 heterocycles. The average Bonchev–Trinajstić information content (AvgIpc) is 2.73. The highest BCUT2D eigenvalue weighted by Gasteiger charge is 2.32. The van der Waals surface area contributed by atoms with Crippen molar-refractivity contribution in [3.63, 3.8) is 0 Å². The fourth-order valence-corrected chi connectivity index (χ4v) is 2.49. The van der Waals surface area contributed by atoms with Crippen molar-refractivity contribution in [3.8, 4) is 0 Å². The third-order valence-electron chi connectivity index (χ3n) is 3.63. The molecule has 118 valence electrons. The second kappa shape index (κ2) is 7.00. The van der Waals surface area contributed by atoms with Gasteiger partial charge in [0.1, 0.15) is 11.6 Å². The fraction of sp³-hybridized carbons (Fsp3) is 0.667. The van der Waals surface area contributed by atoms with Crippen LogP contribution >= 0.6 is 0 Å². The summed E-state index contributed by atoms with van der Waals surface area (Å²) in [5, 5.41) is 2.96. The molecule has 1 aliphatic heterocycles. The molecule has 0 spiro atoms. The first-order valence-corrected chi connectivity index (χ1v) is 7.59. The Kier molecular flexibility index (Phi) is 5.31. The van der Waals surface area contributed by atoms with Gasteiger partial charge in [0, 0.05) is 19.6 Å². The third kappa shape index (κ3) is 4.51. The van der Waals surface area contributed by atoms with Gasteiger partial charge in [-0.05, 0) is 31.4 Å². The minimum atomic E-state index is -4.34. The first kappa shape index (κ1) is 15.9. The lowest BCUT2D eigenvalue weighted by molar-refractivity contribution is -0.137. The van der Waals surface area contributed by atoms with Crippen LogP contribution in [0, 0.1) is 0 Å². The highest BCUT2D eigenvalue weighted by molar-refractivity contribution is 5.51. The molecule has 1 saturated heterocycles. The van der Waals surface area contributed by atoms with E-state index in [9.17, 15) is 13.2 Å². The van der Waals surface area contributed by atoms with Crippen LogP contribution in [0.1, 0.15) is 44.6 Å². The molecule has 0 bridgehead atoms. The molecule has 0 amide bonds. The van der Waals surface area contributed by atoms with Gasteiger partial charge in [0.25, 0.3) is 0 Å². The van der Waals surface area contributed by atoms with Crippen molar-refractivity contribution in [2.45, 2.75) is 45.2 Å². The Morgan fingerprint density at radius 3 is 2.38 bits per heavy atom. The summed E-state index contributed by atoms with van der Waals surface area (Å²) >= 11 is 0. The molecule has 2 rings (SSSR count). The summed E-state index contributed by atoms with van der Waals surface area (Å²) in [5.74, 6) is 0.747. The molecule has 0 radical (unpaired) electrons. The van der Waals surface area contributed by atoms with Crippen molar-refractivity contribution < 1.29 is 13.2 Å².